The highest BCUT2D eigenvalue weighted by molar-refractivity contribution is 5.27. The maximum atomic E-state index is 13.4. The highest BCUT2D eigenvalue weighted by Gasteiger charge is 2.24. The van der Waals surface area contributed by atoms with Crippen LogP contribution >= 0.6 is 0 Å². The summed E-state index contributed by atoms with van der Waals surface area (Å²) in [5.41, 5.74) is -0.146. The lowest BCUT2D eigenvalue weighted by Gasteiger charge is -2.12. The molecule has 5 heteroatoms. The fourth-order valence-electron chi connectivity index (χ4n) is 1.59. The summed E-state index contributed by atoms with van der Waals surface area (Å²) >= 11 is 0. The third kappa shape index (κ3) is 2.77. The SMILES string of the molecule is N#CC(NCC1CC1)c1cc(F)c(F)cc1F. The first-order chi connectivity index (χ1) is 8.11. The van der Waals surface area contributed by atoms with Crippen molar-refractivity contribution in [1.29, 1.82) is 5.26 Å². The number of nitrogens with one attached hydrogen (secondary N) is 1. The van der Waals surface area contributed by atoms with Gasteiger partial charge in [0.25, 0.3) is 0 Å². The van der Waals surface area contributed by atoms with E-state index in [0.29, 0.717) is 18.5 Å². The summed E-state index contributed by atoms with van der Waals surface area (Å²) in [6.07, 6.45) is 2.18. The molecule has 0 radical (unpaired) electrons. The van der Waals surface area contributed by atoms with Crippen molar-refractivity contribution < 1.29 is 13.2 Å². The Bertz CT molecular complexity index is 464. The smallest absolute Gasteiger partial charge is 0.161 e. The maximum Gasteiger partial charge on any atom is 0.161 e. The van der Waals surface area contributed by atoms with E-state index in [9.17, 15) is 13.2 Å². The summed E-state index contributed by atoms with van der Waals surface area (Å²) in [5, 5.41) is 11.7. The Morgan fingerprint density at radius 3 is 2.47 bits per heavy atom. The molecule has 0 aliphatic heterocycles. The lowest BCUT2D eigenvalue weighted by atomic mass is 10.1. The molecule has 0 spiro atoms. The zero-order valence-electron chi connectivity index (χ0n) is 9.01. The largest absolute Gasteiger partial charge is 0.298 e. The molecule has 0 bridgehead atoms. The van der Waals surface area contributed by atoms with Crippen molar-refractivity contribution in [2.45, 2.75) is 18.9 Å². The number of hydrogen-bond donors (Lipinski definition) is 1. The molecule has 2 nitrogen and oxygen atoms in total. The van der Waals surface area contributed by atoms with Crippen molar-refractivity contribution in [2.75, 3.05) is 6.54 Å². The summed E-state index contributed by atoms with van der Waals surface area (Å²) in [6.45, 7) is 0.594. The van der Waals surface area contributed by atoms with E-state index in [1.807, 2.05) is 6.07 Å². The Morgan fingerprint density at radius 2 is 1.88 bits per heavy atom. The molecule has 1 aliphatic carbocycles. The van der Waals surface area contributed by atoms with Crippen LogP contribution in [0.15, 0.2) is 12.1 Å². The fraction of sp³-hybridized carbons (Fsp3) is 0.417. The molecule has 2 rings (SSSR count). The van der Waals surface area contributed by atoms with Crippen LogP contribution in [0, 0.1) is 34.7 Å². The fourth-order valence-corrected chi connectivity index (χ4v) is 1.59. The van der Waals surface area contributed by atoms with Crippen LogP contribution in [-0.2, 0) is 0 Å². The van der Waals surface area contributed by atoms with Crippen molar-refractivity contribution in [3.8, 4) is 6.07 Å². The van der Waals surface area contributed by atoms with Gasteiger partial charge in [-0.25, -0.2) is 13.2 Å². The van der Waals surface area contributed by atoms with Gasteiger partial charge in [-0.1, -0.05) is 0 Å². The number of rotatable bonds is 4. The van der Waals surface area contributed by atoms with E-state index in [0.717, 1.165) is 18.9 Å². The molecule has 1 atom stereocenters. The zero-order valence-corrected chi connectivity index (χ0v) is 9.01. The average Bonchev–Trinajstić information content (AvgIpc) is 3.09. The average molecular weight is 240 g/mol. The number of hydrogen-bond acceptors (Lipinski definition) is 2. The van der Waals surface area contributed by atoms with Crippen LogP contribution in [0.1, 0.15) is 24.4 Å². The molecule has 0 saturated heterocycles. The van der Waals surface area contributed by atoms with Crippen molar-refractivity contribution in [3.63, 3.8) is 0 Å². The van der Waals surface area contributed by atoms with E-state index >= 15 is 0 Å². The molecule has 0 heterocycles. The molecule has 0 aromatic heterocycles. The molecule has 1 unspecified atom stereocenters. The first-order valence-corrected chi connectivity index (χ1v) is 5.39. The molecule has 1 aromatic rings. The molecule has 1 fully saturated rings. The molecule has 0 amide bonds. The van der Waals surface area contributed by atoms with E-state index in [1.165, 1.54) is 0 Å². The van der Waals surface area contributed by atoms with Crippen LogP contribution in [0.25, 0.3) is 0 Å². The third-order valence-corrected chi connectivity index (χ3v) is 2.79. The molecule has 1 aliphatic rings. The second-order valence-corrected chi connectivity index (χ2v) is 4.20. The predicted molar refractivity (Wildman–Crippen MR) is 55.4 cm³/mol. The van der Waals surface area contributed by atoms with Crippen LogP contribution < -0.4 is 5.32 Å². The molecule has 17 heavy (non-hydrogen) atoms. The van der Waals surface area contributed by atoms with E-state index in [2.05, 4.69) is 5.32 Å². The summed E-state index contributed by atoms with van der Waals surface area (Å²) in [6, 6.07) is 2.11. The monoisotopic (exact) mass is 240 g/mol. The van der Waals surface area contributed by atoms with Gasteiger partial charge in [0.1, 0.15) is 11.9 Å². The van der Waals surface area contributed by atoms with Gasteiger partial charge in [-0.15, -0.1) is 0 Å². The Hall–Kier alpha value is -1.54. The van der Waals surface area contributed by atoms with Gasteiger partial charge < -0.3 is 0 Å². The first-order valence-electron chi connectivity index (χ1n) is 5.39. The standard InChI is InChI=1S/C12H11F3N2/c13-9-4-11(15)10(14)3-8(9)12(5-16)17-6-7-1-2-7/h3-4,7,12,17H,1-2,6H2. The number of halogens is 3. The van der Waals surface area contributed by atoms with Crippen LogP contribution in [0.4, 0.5) is 13.2 Å². The second-order valence-electron chi connectivity index (χ2n) is 4.20. The van der Waals surface area contributed by atoms with Gasteiger partial charge in [0.2, 0.25) is 0 Å². The molecule has 90 valence electrons. The maximum absolute atomic E-state index is 13.4. The normalized spacial score (nSPS) is 16.6. The van der Waals surface area contributed by atoms with E-state index in [4.69, 9.17) is 5.26 Å². The molecule has 1 aromatic carbocycles. The molecular formula is C12H11F3N2. The first kappa shape index (κ1) is 11.9. The van der Waals surface area contributed by atoms with E-state index < -0.39 is 23.5 Å². The number of benzene rings is 1. The zero-order chi connectivity index (χ0) is 12.4. The van der Waals surface area contributed by atoms with Gasteiger partial charge in [0.15, 0.2) is 11.6 Å². The minimum atomic E-state index is -1.25. The molecular weight excluding hydrogens is 229 g/mol. The third-order valence-electron chi connectivity index (χ3n) is 2.79. The van der Waals surface area contributed by atoms with Crippen molar-refractivity contribution in [3.05, 3.63) is 35.1 Å². The van der Waals surface area contributed by atoms with Crippen LogP contribution in [0.3, 0.4) is 0 Å². The minimum absolute atomic E-state index is 0.146. The summed E-state index contributed by atoms with van der Waals surface area (Å²) < 4.78 is 39.1. The van der Waals surface area contributed by atoms with Gasteiger partial charge >= 0.3 is 0 Å². The topological polar surface area (TPSA) is 35.8 Å². The highest BCUT2D eigenvalue weighted by atomic mass is 19.2. The highest BCUT2D eigenvalue weighted by Crippen LogP contribution is 2.29. The van der Waals surface area contributed by atoms with Crippen molar-refractivity contribution in [2.24, 2.45) is 5.92 Å². The van der Waals surface area contributed by atoms with Gasteiger partial charge in [-0.2, -0.15) is 5.26 Å². The predicted octanol–water partition coefficient (Wildman–Crippen LogP) is 2.67. The van der Waals surface area contributed by atoms with Crippen molar-refractivity contribution >= 4 is 0 Å². The van der Waals surface area contributed by atoms with Crippen LogP contribution in [0.2, 0.25) is 0 Å². The summed E-state index contributed by atoms with van der Waals surface area (Å²) in [7, 11) is 0. The summed E-state index contributed by atoms with van der Waals surface area (Å²) in [5.74, 6) is -2.78. The van der Waals surface area contributed by atoms with Gasteiger partial charge in [0.05, 0.1) is 6.07 Å². The summed E-state index contributed by atoms with van der Waals surface area (Å²) in [4.78, 5) is 0. The second kappa shape index (κ2) is 4.76. The van der Waals surface area contributed by atoms with E-state index in [1.54, 1.807) is 0 Å². The van der Waals surface area contributed by atoms with Gasteiger partial charge in [-0.05, 0) is 31.4 Å². The van der Waals surface area contributed by atoms with E-state index in [-0.39, 0.29) is 5.56 Å². The molecule has 1 N–H and O–H groups in total. The Kier molecular flexibility index (Phi) is 3.34. The van der Waals surface area contributed by atoms with Crippen LogP contribution in [-0.4, -0.2) is 6.54 Å². The Morgan fingerprint density at radius 1 is 1.24 bits per heavy atom. The Balaban J connectivity index is 2.17. The minimum Gasteiger partial charge on any atom is -0.298 e. The number of nitriles is 1. The number of nitrogens with zero attached hydrogens (tertiary/aromatic N) is 1. The molecule has 1 saturated carbocycles. The lowest BCUT2D eigenvalue weighted by molar-refractivity contribution is 0.480. The van der Waals surface area contributed by atoms with Gasteiger partial charge in [0, 0.05) is 11.6 Å². The Labute approximate surface area is 97.1 Å². The van der Waals surface area contributed by atoms with Gasteiger partial charge in [-0.3, -0.25) is 5.32 Å². The van der Waals surface area contributed by atoms with Crippen molar-refractivity contribution in [1.82, 2.24) is 5.32 Å². The quantitative estimate of drug-likeness (QED) is 0.821. The van der Waals surface area contributed by atoms with Crippen LogP contribution in [0.5, 0.6) is 0 Å². The lowest BCUT2D eigenvalue weighted by Crippen LogP contribution is -2.23.